The molecule has 8 heteroatoms. The molecule has 232 valence electrons. The molecule has 1 aromatic heterocycles. The van der Waals surface area contributed by atoms with Crippen molar-refractivity contribution in [3.05, 3.63) is 59.4 Å². The number of carbonyl (C=O) groups excluding carboxylic acids is 1. The van der Waals surface area contributed by atoms with E-state index in [4.69, 9.17) is 9.15 Å². The summed E-state index contributed by atoms with van der Waals surface area (Å²) in [6, 6.07) is 12.5. The Hall–Kier alpha value is -2.68. The van der Waals surface area contributed by atoms with E-state index in [1.54, 1.807) is 24.3 Å². The van der Waals surface area contributed by atoms with Crippen molar-refractivity contribution in [2.75, 3.05) is 19.6 Å². The summed E-state index contributed by atoms with van der Waals surface area (Å²) in [5, 5.41) is 1.10. The highest BCUT2D eigenvalue weighted by molar-refractivity contribution is 7.89. The van der Waals surface area contributed by atoms with Crippen LogP contribution in [0.15, 0.2) is 52.0 Å². The Bertz CT molecular complexity index is 1370. The number of unbranched alkanes of at least 4 members (excludes halogenated alkanes) is 4. The molecular formula is C34H50N2O5S. The molecule has 1 unspecified atom stereocenters. The minimum Gasteiger partial charge on any atom is -0.475 e. The second kappa shape index (κ2) is 16.8. The fourth-order valence-corrected chi connectivity index (χ4v) is 6.28. The van der Waals surface area contributed by atoms with E-state index in [2.05, 4.69) is 37.3 Å². The van der Waals surface area contributed by atoms with Gasteiger partial charge in [-0.05, 0) is 56.4 Å². The van der Waals surface area contributed by atoms with Crippen molar-refractivity contribution in [2.24, 2.45) is 0 Å². The molecule has 3 aromatic rings. The maximum atomic E-state index is 13.7. The molecule has 42 heavy (non-hydrogen) atoms. The van der Waals surface area contributed by atoms with E-state index in [-0.39, 0.29) is 17.1 Å². The second-order valence-electron chi connectivity index (χ2n) is 11.0. The molecule has 2 aromatic carbocycles. The summed E-state index contributed by atoms with van der Waals surface area (Å²) in [6.07, 6.45) is 9.33. The lowest BCUT2D eigenvalue weighted by atomic mass is 10.00. The third-order valence-electron chi connectivity index (χ3n) is 7.56. The van der Waals surface area contributed by atoms with E-state index in [1.165, 1.54) is 0 Å². The number of furan rings is 1. The highest BCUT2D eigenvalue weighted by Crippen LogP contribution is 2.32. The molecule has 0 aliphatic rings. The first kappa shape index (κ1) is 33.8. The average Bonchev–Trinajstić information content (AvgIpc) is 3.37. The van der Waals surface area contributed by atoms with Gasteiger partial charge in [-0.3, -0.25) is 9.69 Å². The number of aryl methyl sites for hydroxylation is 1. The van der Waals surface area contributed by atoms with Crippen molar-refractivity contribution >= 4 is 26.6 Å². The second-order valence-corrected chi connectivity index (χ2v) is 12.7. The predicted molar refractivity (Wildman–Crippen MR) is 171 cm³/mol. The molecule has 1 atom stereocenters. The molecule has 0 saturated heterocycles. The van der Waals surface area contributed by atoms with Crippen LogP contribution in [0.5, 0.6) is 5.75 Å². The maximum absolute atomic E-state index is 13.7. The van der Waals surface area contributed by atoms with E-state index in [0.717, 1.165) is 70.9 Å². The van der Waals surface area contributed by atoms with Gasteiger partial charge in [0.25, 0.3) is 10.0 Å². The molecule has 0 aliphatic carbocycles. The topological polar surface area (TPSA) is 88.8 Å². The monoisotopic (exact) mass is 598 g/mol. The fraction of sp³-hybridized carbons (Fsp3) is 0.559. The number of benzene rings is 2. The molecule has 0 radical (unpaired) electrons. The van der Waals surface area contributed by atoms with Gasteiger partial charge in [0.1, 0.15) is 11.5 Å². The van der Waals surface area contributed by atoms with Gasteiger partial charge in [-0.25, -0.2) is 13.1 Å². The summed E-state index contributed by atoms with van der Waals surface area (Å²) in [5.74, 6) is 1.13. The van der Waals surface area contributed by atoms with Crippen LogP contribution in [0.25, 0.3) is 10.8 Å². The van der Waals surface area contributed by atoms with Gasteiger partial charge < -0.3 is 9.15 Å². The third-order valence-corrected chi connectivity index (χ3v) is 8.94. The van der Waals surface area contributed by atoms with Crippen LogP contribution in [0.4, 0.5) is 0 Å². The van der Waals surface area contributed by atoms with E-state index >= 15 is 0 Å². The zero-order valence-electron chi connectivity index (χ0n) is 26.2. The number of hydrogen-bond donors (Lipinski definition) is 1. The summed E-state index contributed by atoms with van der Waals surface area (Å²) >= 11 is 0. The van der Waals surface area contributed by atoms with Crippen molar-refractivity contribution in [1.82, 2.24) is 9.62 Å². The molecule has 0 spiro atoms. The standard InChI is InChI=1S/C34H50N2O5S/c1-6-11-18-31-30-25-27(19-20-29(30)34(41-31)42(38,39)35-21-12-7-2)33(37)26-16-15-17-28(24-26)40-32(10-5)36(22-13-8-3)23-14-9-4/h15-17,19-20,24-25,32,35H,6-14,18,21-23H2,1-5H3. The number of ether oxygens (including phenoxy) is 1. The number of sulfonamides is 1. The normalized spacial score (nSPS) is 12.7. The Morgan fingerprint density at radius 1 is 0.857 bits per heavy atom. The number of carbonyl (C=O) groups is 1. The summed E-state index contributed by atoms with van der Waals surface area (Å²) in [7, 11) is -3.81. The smallest absolute Gasteiger partial charge is 0.274 e. The van der Waals surface area contributed by atoms with Crippen LogP contribution in [0, 0.1) is 0 Å². The molecule has 0 saturated carbocycles. The molecule has 7 nitrogen and oxygen atoms in total. The minimum atomic E-state index is -3.81. The van der Waals surface area contributed by atoms with Crippen molar-refractivity contribution in [3.8, 4) is 5.75 Å². The van der Waals surface area contributed by atoms with E-state index in [0.29, 0.717) is 46.4 Å². The lowest BCUT2D eigenvalue weighted by Crippen LogP contribution is -2.40. The van der Waals surface area contributed by atoms with Crippen LogP contribution in [-0.4, -0.2) is 45.0 Å². The Morgan fingerprint density at radius 3 is 2.17 bits per heavy atom. The highest BCUT2D eigenvalue weighted by atomic mass is 32.2. The van der Waals surface area contributed by atoms with Crippen molar-refractivity contribution in [3.63, 3.8) is 0 Å². The van der Waals surface area contributed by atoms with Gasteiger partial charge >= 0.3 is 0 Å². The third kappa shape index (κ3) is 8.91. The molecule has 0 amide bonds. The Labute approximate surface area is 253 Å². The SMILES string of the molecule is CCCCNS(=O)(=O)c1oc(CCCC)c2cc(C(=O)c3cccc(OC(CC)N(CCCC)CCCC)c3)ccc12. The highest BCUT2D eigenvalue weighted by Gasteiger charge is 2.25. The zero-order chi connectivity index (χ0) is 30.5. The van der Waals surface area contributed by atoms with Crippen molar-refractivity contribution in [2.45, 2.75) is 110 Å². The van der Waals surface area contributed by atoms with Crippen LogP contribution < -0.4 is 9.46 Å². The van der Waals surface area contributed by atoms with E-state index in [9.17, 15) is 13.2 Å². The zero-order valence-corrected chi connectivity index (χ0v) is 27.0. The largest absolute Gasteiger partial charge is 0.475 e. The first-order valence-corrected chi connectivity index (χ1v) is 17.4. The van der Waals surface area contributed by atoms with Gasteiger partial charge in [0.05, 0.1) is 0 Å². The van der Waals surface area contributed by atoms with Gasteiger partial charge in [-0.1, -0.05) is 78.5 Å². The number of nitrogens with one attached hydrogen (secondary N) is 1. The van der Waals surface area contributed by atoms with Crippen LogP contribution in [0.1, 0.15) is 114 Å². The van der Waals surface area contributed by atoms with Gasteiger partial charge in [-0.2, -0.15) is 0 Å². The molecular weight excluding hydrogens is 548 g/mol. The molecule has 0 fully saturated rings. The molecule has 1 heterocycles. The number of fused-ring (bicyclic) bond motifs is 1. The van der Waals surface area contributed by atoms with Crippen molar-refractivity contribution < 1.29 is 22.4 Å². The first-order chi connectivity index (χ1) is 20.3. The lowest BCUT2D eigenvalue weighted by molar-refractivity contribution is 0.0201. The Morgan fingerprint density at radius 2 is 1.52 bits per heavy atom. The van der Waals surface area contributed by atoms with Crippen LogP contribution >= 0.6 is 0 Å². The predicted octanol–water partition coefficient (Wildman–Crippen LogP) is 8.10. The summed E-state index contributed by atoms with van der Waals surface area (Å²) in [5.41, 5.74) is 1.02. The van der Waals surface area contributed by atoms with Crippen molar-refractivity contribution in [1.29, 1.82) is 0 Å². The quantitative estimate of drug-likeness (QED) is 0.0803. The summed E-state index contributed by atoms with van der Waals surface area (Å²) in [6.45, 7) is 13.0. The van der Waals surface area contributed by atoms with Gasteiger partial charge in [0.2, 0.25) is 5.09 Å². The number of nitrogens with zero attached hydrogens (tertiary/aromatic N) is 1. The Balaban J connectivity index is 1.90. The average molecular weight is 599 g/mol. The van der Waals surface area contributed by atoms with Crippen LogP contribution in [-0.2, 0) is 16.4 Å². The fourth-order valence-electron chi connectivity index (χ4n) is 5.06. The first-order valence-electron chi connectivity index (χ1n) is 15.9. The molecule has 1 N–H and O–H groups in total. The van der Waals surface area contributed by atoms with Gasteiger partial charge in [0.15, 0.2) is 12.0 Å². The number of rotatable bonds is 20. The lowest BCUT2D eigenvalue weighted by Gasteiger charge is -2.31. The summed E-state index contributed by atoms with van der Waals surface area (Å²) in [4.78, 5) is 16.1. The van der Waals surface area contributed by atoms with Gasteiger partial charge in [0, 0.05) is 48.0 Å². The summed E-state index contributed by atoms with van der Waals surface area (Å²) < 4.78 is 41.2. The van der Waals surface area contributed by atoms with Gasteiger partial charge in [-0.15, -0.1) is 0 Å². The minimum absolute atomic E-state index is 0.0526. The van der Waals surface area contributed by atoms with Crippen LogP contribution in [0.2, 0.25) is 0 Å². The molecule has 0 bridgehead atoms. The number of hydrogen-bond acceptors (Lipinski definition) is 6. The van der Waals surface area contributed by atoms with Crippen LogP contribution in [0.3, 0.4) is 0 Å². The Kier molecular flexibility index (Phi) is 13.5. The van der Waals surface area contributed by atoms with E-state index in [1.807, 2.05) is 25.1 Å². The van der Waals surface area contributed by atoms with E-state index < -0.39 is 10.0 Å². The molecule has 0 aliphatic heterocycles. The molecule has 3 rings (SSSR count). The number of ketones is 1. The maximum Gasteiger partial charge on any atom is 0.274 e.